The summed E-state index contributed by atoms with van der Waals surface area (Å²) < 4.78 is 11.3. The largest absolute Gasteiger partial charge is 0.466 e. The molecule has 9 atom stereocenters. The third-order valence-electron chi connectivity index (χ3n) is 12.5. The van der Waals surface area contributed by atoms with Crippen molar-refractivity contribution in [3.05, 3.63) is 22.8 Å². The molecule has 4 aliphatic rings. The second-order valence-electron chi connectivity index (χ2n) is 15.0. The second-order valence-corrected chi connectivity index (χ2v) is 15.0. The Hall–Kier alpha value is -1.95. The molecule has 0 aromatic carbocycles. The summed E-state index contributed by atoms with van der Waals surface area (Å²) in [5.74, 6) is 0.479. The molecule has 1 unspecified atom stereocenters. The Labute approximate surface area is 254 Å². The number of Topliss-reactive ketones (excluding diaryl/α,β-unsaturated/α-hetero) is 1. The summed E-state index contributed by atoms with van der Waals surface area (Å²) >= 11 is 0. The third kappa shape index (κ3) is 5.55. The van der Waals surface area contributed by atoms with Gasteiger partial charge < -0.3 is 14.8 Å². The summed E-state index contributed by atoms with van der Waals surface area (Å²) in [6.45, 7) is 18.4. The molecule has 0 bridgehead atoms. The van der Waals surface area contributed by atoms with Crippen LogP contribution in [0.4, 0.5) is 0 Å². The van der Waals surface area contributed by atoms with Gasteiger partial charge in [-0.05, 0) is 111 Å². The Morgan fingerprint density at radius 1 is 1.07 bits per heavy atom. The maximum Gasteiger partial charge on any atom is 0.333 e. The van der Waals surface area contributed by atoms with Gasteiger partial charge in [0.2, 0.25) is 0 Å². The highest BCUT2D eigenvalue weighted by molar-refractivity contribution is 5.91. The molecule has 4 fully saturated rings. The molecule has 4 rings (SSSR count). The molecule has 0 aromatic rings. The zero-order valence-corrected chi connectivity index (χ0v) is 27.9. The van der Waals surface area contributed by atoms with Gasteiger partial charge in [-0.25, -0.2) is 4.79 Å². The Kier molecular flexibility index (Phi) is 9.87. The molecule has 1 N–H and O–H groups in total. The van der Waals surface area contributed by atoms with Crippen LogP contribution in [-0.4, -0.2) is 43.5 Å². The van der Waals surface area contributed by atoms with Gasteiger partial charge in [0.05, 0.1) is 7.11 Å². The van der Waals surface area contributed by atoms with E-state index in [0.717, 1.165) is 37.8 Å². The van der Waals surface area contributed by atoms with Crippen LogP contribution in [0.1, 0.15) is 120 Å². The number of carbonyl (C=O) groups excluding carboxylic acids is 3. The Bertz CT molecular complexity index is 1120. The van der Waals surface area contributed by atoms with Crippen molar-refractivity contribution in [3.8, 4) is 0 Å². The molecular weight excluding hydrogens is 526 g/mol. The highest BCUT2D eigenvalue weighted by Gasteiger charge is 2.71. The Morgan fingerprint density at radius 2 is 1.79 bits per heavy atom. The molecule has 0 spiro atoms. The molecule has 6 nitrogen and oxygen atoms in total. The van der Waals surface area contributed by atoms with E-state index in [9.17, 15) is 14.4 Å². The topological polar surface area (TPSA) is 81.7 Å². The number of allylic oxidation sites excluding steroid dienone is 2. The van der Waals surface area contributed by atoms with Crippen LogP contribution in [0.5, 0.6) is 0 Å². The highest BCUT2D eigenvalue weighted by atomic mass is 16.5. The fraction of sp³-hybridized carbons (Fsp3) is 0.806. The van der Waals surface area contributed by atoms with Gasteiger partial charge in [-0.2, -0.15) is 0 Å². The van der Waals surface area contributed by atoms with Gasteiger partial charge in [0.25, 0.3) is 0 Å². The number of unbranched alkanes of at least 4 members (excludes halogenated alkanes) is 1. The standard InChI is InChI=1S/C36H57NO5/c1-10-11-19-37-28-16-17-34(6)26(23(28)4)15-18-35(7)32(34)29(39)20-27-31(30(42-24(5)38)21-36(27,35)8)25(33(40)41-9)14-12-13-22(2)3/h13,23,26-28,30,32,37H,10-12,14-21H2,1-9H3/b31-25-/t23-,26-,27-,28?,30-,32-,34-,35-,36-/m0/s1. The maximum atomic E-state index is 14.5. The molecule has 6 heteroatoms. The van der Waals surface area contributed by atoms with Gasteiger partial charge in [-0.1, -0.05) is 52.7 Å². The van der Waals surface area contributed by atoms with Crippen molar-refractivity contribution in [2.45, 2.75) is 132 Å². The number of fused-ring (bicyclic) bond motifs is 5. The predicted molar refractivity (Wildman–Crippen MR) is 167 cm³/mol. The van der Waals surface area contributed by atoms with Crippen LogP contribution < -0.4 is 5.32 Å². The summed E-state index contributed by atoms with van der Waals surface area (Å²) in [5.41, 5.74) is 2.05. The molecule has 236 valence electrons. The van der Waals surface area contributed by atoms with E-state index in [1.807, 2.05) is 13.8 Å². The van der Waals surface area contributed by atoms with Crippen LogP contribution in [-0.2, 0) is 23.9 Å². The average molecular weight is 584 g/mol. The SMILES string of the molecule is CCCCNC1CC[C@@]2(C)[C@@H](CC[C@@]3(C)[C@H]2C(=O)C[C@H]2/C(=C(\CCC=C(C)C)C(=O)OC)[C@@H](OC(C)=O)C[C@@]23C)[C@@H]1C. The molecular formula is C36H57NO5. The second kappa shape index (κ2) is 12.6. The van der Waals surface area contributed by atoms with Crippen LogP contribution in [0.25, 0.3) is 0 Å². The van der Waals surface area contributed by atoms with E-state index >= 15 is 0 Å². The average Bonchev–Trinajstić information content (AvgIpc) is 3.18. The van der Waals surface area contributed by atoms with Crippen LogP contribution in [0.3, 0.4) is 0 Å². The summed E-state index contributed by atoms with van der Waals surface area (Å²) in [6.07, 6.45) is 10.5. The lowest BCUT2D eigenvalue weighted by Gasteiger charge is -2.67. The van der Waals surface area contributed by atoms with E-state index < -0.39 is 6.10 Å². The number of ketones is 1. The zero-order valence-electron chi connectivity index (χ0n) is 27.9. The van der Waals surface area contributed by atoms with Crippen LogP contribution in [0.2, 0.25) is 0 Å². The van der Waals surface area contributed by atoms with Crippen molar-refractivity contribution < 1.29 is 23.9 Å². The van der Waals surface area contributed by atoms with Crippen LogP contribution in [0.15, 0.2) is 22.8 Å². The number of nitrogens with one attached hydrogen (secondary N) is 1. The lowest BCUT2D eigenvalue weighted by molar-refractivity contribution is -0.192. The number of methoxy groups -OCH3 is 1. The van der Waals surface area contributed by atoms with E-state index in [4.69, 9.17) is 9.47 Å². The maximum absolute atomic E-state index is 14.5. The first-order valence-electron chi connectivity index (χ1n) is 16.6. The van der Waals surface area contributed by atoms with E-state index in [-0.39, 0.29) is 40.0 Å². The first-order valence-corrected chi connectivity index (χ1v) is 16.6. The van der Waals surface area contributed by atoms with Crippen molar-refractivity contribution in [2.24, 2.45) is 39.9 Å². The minimum Gasteiger partial charge on any atom is -0.466 e. The van der Waals surface area contributed by atoms with E-state index in [1.54, 1.807) is 0 Å². The normalized spacial score (nSPS) is 40.4. The lowest BCUT2D eigenvalue weighted by Crippen LogP contribution is -2.65. The van der Waals surface area contributed by atoms with Gasteiger partial charge >= 0.3 is 11.9 Å². The summed E-state index contributed by atoms with van der Waals surface area (Å²) in [5, 5.41) is 3.85. The molecule has 0 heterocycles. The molecule has 4 aliphatic carbocycles. The van der Waals surface area contributed by atoms with Crippen molar-refractivity contribution in [1.29, 1.82) is 0 Å². The minimum absolute atomic E-state index is 0.0337. The van der Waals surface area contributed by atoms with Crippen molar-refractivity contribution in [1.82, 2.24) is 5.32 Å². The quantitative estimate of drug-likeness (QED) is 0.132. The molecule has 42 heavy (non-hydrogen) atoms. The fourth-order valence-corrected chi connectivity index (χ4v) is 10.4. The van der Waals surface area contributed by atoms with Crippen LogP contribution in [0, 0.1) is 39.9 Å². The molecule has 0 radical (unpaired) electrons. The van der Waals surface area contributed by atoms with E-state index in [1.165, 1.54) is 32.4 Å². The molecule has 4 saturated carbocycles. The summed E-state index contributed by atoms with van der Waals surface area (Å²) in [6, 6.07) is 0.513. The van der Waals surface area contributed by atoms with Gasteiger partial charge in [0.15, 0.2) is 0 Å². The highest BCUT2D eigenvalue weighted by Crippen LogP contribution is 2.73. The Morgan fingerprint density at radius 3 is 2.40 bits per heavy atom. The molecule has 0 aliphatic heterocycles. The van der Waals surface area contributed by atoms with Gasteiger partial charge in [0.1, 0.15) is 11.9 Å². The van der Waals surface area contributed by atoms with Gasteiger partial charge in [-0.15, -0.1) is 0 Å². The smallest absolute Gasteiger partial charge is 0.333 e. The number of hydrogen-bond acceptors (Lipinski definition) is 6. The fourth-order valence-electron chi connectivity index (χ4n) is 10.4. The first kappa shape index (κ1) is 33.0. The number of hydrogen-bond donors (Lipinski definition) is 1. The third-order valence-corrected chi connectivity index (χ3v) is 12.5. The predicted octanol–water partition coefficient (Wildman–Crippen LogP) is 7.36. The number of rotatable bonds is 9. The minimum atomic E-state index is -0.510. The van der Waals surface area contributed by atoms with Gasteiger partial charge in [-0.3, -0.25) is 9.59 Å². The Balaban J connectivity index is 1.76. The number of ether oxygens (including phenoxy) is 2. The summed E-state index contributed by atoms with van der Waals surface area (Å²) in [4.78, 5) is 40.2. The monoisotopic (exact) mass is 583 g/mol. The molecule has 0 saturated heterocycles. The zero-order chi connectivity index (χ0) is 31.0. The van der Waals surface area contributed by atoms with Crippen molar-refractivity contribution in [3.63, 3.8) is 0 Å². The molecule has 0 aromatic heterocycles. The van der Waals surface area contributed by atoms with Crippen molar-refractivity contribution in [2.75, 3.05) is 13.7 Å². The van der Waals surface area contributed by atoms with E-state index in [2.05, 4.69) is 46.0 Å². The number of esters is 2. The summed E-state index contributed by atoms with van der Waals surface area (Å²) in [7, 11) is 1.42. The molecule has 0 amide bonds. The van der Waals surface area contributed by atoms with Crippen molar-refractivity contribution >= 4 is 17.7 Å². The van der Waals surface area contributed by atoms with Crippen LogP contribution >= 0.6 is 0 Å². The van der Waals surface area contributed by atoms with E-state index in [0.29, 0.717) is 54.9 Å². The number of carbonyl (C=O) groups is 3. The van der Waals surface area contributed by atoms with Gasteiger partial charge in [0, 0.05) is 30.9 Å². The first-order chi connectivity index (χ1) is 19.7. The lowest BCUT2D eigenvalue weighted by atomic mass is 9.36.